The van der Waals surface area contributed by atoms with Crippen LogP contribution < -0.4 is 10.2 Å². The molecule has 2 aliphatic heterocycles. The monoisotopic (exact) mass is 409 g/mol. The zero-order chi connectivity index (χ0) is 20.8. The zero-order valence-electron chi connectivity index (χ0n) is 18.4. The highest BCUT2D eigenvalue weighted by Crippen LogP contribution is 2.24. The van der Waals surface area contributed by atoms with Crippen LogP contribution in [0.5, 0.6) is 0 Å². The molecule has 0 bridgehead atoms. The number of hydrogen-bond donors (Lipinski definition) is 1. The van der Waals surface area contributed by atoms with Crippen LogP contribution in [0.25, 0.3) is 0 Å². The lowest BCUT2D eigenvalue weighted by molar-refractivity contribution is 0.134. The SMILES string of the molecule is CC1CC(C)CN(Cc2ccccc2CNc2cc(N3CCCOCC3)ncn2)C1. The zero-order valence-corrected chi connectivity index (χ0v) is 18.4. The fourth-order valence-corrected chi connectivity index (χ4v) is 4.82. The summed E-state index contributed by atoms with van der Waals surface area (Å²) in [6.45, 7) is 12.4. The van der Waals surface area contributed by atoms with Crippen molar-refractivity contribution in [2.45, 2.75) is 39.8 Å². The van der Waals surface area contributed by atoms with Gasteiger partial charge in [-0.05, 0) is 35.8 Å². The Balaban J connectivity index is 1.40. The van der Waals surface area contributed by atoms with Gasteiger partial charge in [-0.2, -0.15) is 0 Å². The van der Waals surface area contributed by atoms with Crippen molar-refractivity contribution < 1.29 is 4.74 Å². The lowest BCUT2D eigenvalue weighted by Crippen LogP contribution is -2.38. The Hall–Kier alpha value is -2.18. The number of rotatable bonds is 6. The lowest BCUT2D eigenvalue weighted by atomic mass is 9.91. The van der Waals surface area contributed by atoms with Crippen molar-refractivity contribution in [1.82, 2.24) is 14.9 Å². The minimum Gasteiger partial charge on any atom is -0.380 e. The van der Waals surface area contributed by atoms with Gasteiger partial charge in [-0.3, -0.25) is 4.90 Å². The molecule has 2 saturated heterocycles. The minimum atomic E-state index is 0.758. The van der Waals surface area contributed by atoms with E-state index in [1.807, 2.05) is 0 Å². The van der Waals surface area contributed by atoms with Gasteiger partial charge in [0.15, 0.2) is 0 Å². The summed E-state index contributed by atoms with van der Waals surface area (Å²) in [4.78, 5) is 13.8. The summed E-state index contributed by atoms with van der Waals surface area (Å²) in [5, 5.41) is 3.52. The number of anilines is 2. The van der Waals surface area contributed by atoms with Gasteiger partial charge in [0, 0.05) is 51.9 Å². The molecule has 2 atom stereocenters. The largest absolute Gasteiger partial charge is 0.380 e. The second kappa shape index (κ2) is 10.2. The smallest absolute Gasteiger partial charge is 0.134 e. The average molecular weight is 410 g/mol. The molecule has 4 rings (SSSR count). The third-order valence-electron chi connectivity index (χ3n) is 6.12. The Morgan fingerprint density at radius 2 is 1.83 bits per heavy atom. The molecule has 6 nitrogen and oxygen atoms in total. The fourth-order valence-electron chi connectivity index (χ4n) is 4.82. The normalized spacial score (nSPS) is 23.2. The van der Waals surface area contributed by atoms with Gasteiger partial charge >= 0.3 is 0 Å². The first-order chi connectivity index (χ1) is 14.7. The summed E-state index contributed by atoms with van der Waals surface area (Å²) in [7, 11) is 0. The molecule has 2 unspecified atom stereocenters. The molecule has 2 fully saturated rings. The Kier molecular flexibility index (Phi) is 7.18. The first kappa shape index (κ1) is 21.1. The first-order valence-corrected chi connectivity index (χ1v) is 11.3. The highest BCUT2D eigenvalue weighted by molar-refractivity contribution is 5.49. The molecule has 2 aromatic rings. The molecule has 0 amide bonds. The van der Waals surface area contributed by atoms with E-state index in [4.69, 9.17) is 4.74 Å². The molecule has 0 spiro atoms. The van der Waals surface area contributed by atoms with Crippen molar-refractivity contribution in [3.8, 4) is 0 Å². The van der Waals surface area contributed by atoms with E-state index in [1.54, 1.807) is 6.33 Å². The molecule has 2 aliphatic rings. The van der Waals surface area contributed by atoms with Gasteiger partial charge in [0.25, 0.3) is 0 Å². The summed E-state index contributed by atoms with van der Waals surface area (Å²) >= 11 is 0. The molecule has 30 heavy (non-hydrogen) atoms. The highest BCUT2D eigenvalue weighted by Gasteiger charge is 2.22. The molecule has 0 aliphatic carbocycles. The van der Waals surface area contributed by atoms with Gasteiger partial charge < -0.3 is 15.0 Å². The van der Waals surface area contributed by atoms with E-state index in [0.29, 0.717) is 0 Å². The van der Waals surface area contributed by atoms with Gasteiger partial charge in [-0.1, -0.05) is 38.1 Å². The van der Waals surface area contributed by atoms with Crippen molar-refractivity contribution in [2.75, 3.05) is 49.6 Å². The quantitative estimate of drug-likeness (QED) is 0.783. The van der Waals surface area contributed by atoms with Crippen LogP contribution in [-0.4, -0.2) is 54.3 Å². The third kappa shape index (κ3) is 5.70. The standard InChI is InChI=1S/C24H35N5O/c1-19-12-20(2)16-28(15-19)17-22-7-4-3-6-21(22)14-25-23-13-24(27-18-26-23)29-8-5-10-30-11-9-29/h3-4,6-7,13,18-20H,5,8-12,14-17H2,1-2H3,(H,25,26,27). The van der Waals surface area contributed by atoms with Crippen LogP contribution in [0.2, 0.25) is 0 Å². The maximum absolute atomic E-state index is 5.57. The van der Waals surface area contributed by atoms with E-state index in [9.17, 15) is 0 Å². The number of nitrogens with zero attached hydrogens (tertiary/aromatic N) is 4. The lowest BCUT2D eigenvalue weighted by Gasteiger charge is -2.35. The maximum Gasteiger partial charge on any atom is 0.134 e. The summed E-state index contributed by atoms with van der Waals surface area (Å²) < 4.78 is 5.57. The Morgan fingerprint density at radius 3 is 2.67 bits per heavy atom. The van der Waals surface area contributed by atoms with Crippen molar-refractivity contribution in [3.05, 3.63) is 47.8 Å². The fraction of sp³-hybridized carbons (Fsp3) is 0.583. The van der Waals surface area contributed by atoms with Crippen LogP contribution in [0.15, 0.2) is 36.7 Å². The van der Waals surface area contributed by atoms with Gasteiger partial charge in [-0.15, -0.1) is 0 Å². The molecule has 1 aromatic carbocycles. The number of hydrogen-bond acceptors (Lipinski definition) is 6. The van der Waals surface area contributed by atoms with Crippen molar-refractivity contribution in [1.29, 1.82) is 0 Å². The van der Waals surface area contributed by atoms with Crippen LogP contribution in [-0.2, 0) is 17.8 Å². The molecule has 0 radical (unpaired) electrons. The van der Waals surface area contributed by atoms with E-state index < -0.39 is 0 Å². The predicted molar refractivity (Wildman–Crippen MR) is 122 cm³/mol. The molecule has 3 heterocycles. The number of nitrogens with one attached hydrogen (secondary N) is 1. The van der Waals surface area contributed by atoms with E-state index in [2.05, 4.69) is 69.3 Å². The number of likely N-dealkylation sites (tertiary alicyclic amines) is 1. The maximum atomic E-state index is 5.57. The first-order valence-electron chi connectivity index (χ1n) is 11.3. The highest BCUT2D eigenvalue weighted by atomic mass is 16.5. The topological polar surface area (TPSA) is 53.5 Å². The molecule has 6 heteroatoms. The predicted octanol–water partition coefficient (Wildman–Crippen LogP) is 3.79. The Morgan fingerprint density at radius 1 is 1.03 bits per heavy atom. The molecular weight excluding hydrogens is 374 g/mol. The van der Waals surface area contributed by atoms with Crippen LogP contribution in [0.1, 0.15) is 37.8 Å². The van der Waals surface area contributed by atoms with E-state index in [1.165, 1.54) is 30.6 Å². The van der Waals surface area contributed by atoms with Gasteiger partial charge in [0.2, 0.25) is 0 Å². The molecule has 162 valence electrons. The summed E-state index contributed by atoms with van der Waals surface area (Å²) in [5.41, 5.74) is 2.75. The third-order valence-corrected chi connectivity index (χ3v) is 6.12. The van der Waals surface area contributed by atoms with Crippen LogP contribution >= 0.6 is 0 Å². The van der Waals surface area contributed by atoms with Crippen molar-refractivity contribution in [2.24, 2.45) is 11.8 Å². The Bertz CT molecular complexity index is 796. The second-order valence-electron chi connectivity index (χ2n) is 8.98. The van der Waals surface area contributed by atoms with Crippen molar-refractivity contribution >= 4 is 11.6 Å². The summed E-state index contributed by atoms with van der Waals surface area (Å²) in [6, 6.07) is 10.8. The number of benzene rings is 1. The minimum absolute atomic E-state index is 0.758. The van der Waals surface area contributed by atoms with Crippen LogP contribution in [0.3, 0.4) is 0 Å². The molecule has 0 saturated carbocycles. The van der Waals surface area contributed by atoms with E-state index >= 15 is 0 Å². The number of piperidine rings is 1. The van der Waals surface area contributed by atoms with E-state index in [-0.39, 0.29) is 0 Å². The van der Waals surface area contributed by atoms with Gasteiger partial charge in [0.05, 0.1) is 6.61 Å². The van der Waals surface area contributed by atoms with Gasteiger partial charge in [0.1, 0.15) is 18.0 Å². The molecular formula is C24H35N5O. The second-order valence-corrected chi connectivity index (χ2v) is 8.98. The molecule has 1 aromatic heterocycles. The average Bonchev–Trinajstić information content (AvgIpc) is 3.02. The van der Waals surface area contributed by atoms with Crippen LogP contribution in [0, 0.1) is 11.8 Å². The Labute approximate surface area is 180 Å². The van der Waals surface area contributed by atoms with Crippen molar-refractivity contribution in [3.63, 3.8) is 0 Å². The number of aromatic nitrogens is 2. The van der Waals surface area contributed by atoms with Crippen LogP contribution in [0.4, 0.5) is 11.6 Å². The van der Waals surface area contributed by atoms with Gasteiger partial charge in [-0.25, -0.2) is 9.97 Å². The molecule has 1 N–H and O–H groups in total. The summed E-state index contributed by atoms with van der Waals surface area (Å²) in [6.07, 6.45) is 4.04. The summed E-state index contributed by atoms with van der Waals surface area (Å²) in [5.74, 6) is 3.41. The number of ether oxygens (including phenoxy) is 1. The van der Waals surface area contributed by atoms with E-state index in [0.717, 1.165) is 69.3 Å².